The first-order chi connectivity index (χ1) is 11.6. The van der Waals surface area contributed by atoms with Gasteiger partial charge in [0.25, 0.3) is 5.91 Å². The molecule has 0 spiro atoms. The van der Waals surface area contributed by atoms with E-state index in [9.17, 15) is 15.0 Å². The molecule has 6 nitrogen and oxygen atoms in total. The lowest BCUT2D eigenvalue weighted by Gasteiger charge is -2.12. The van der Waals surface area contributed by atoms with Gasteiger partial charge in [-0.1, -0.05) is 47.6 Å². The van der Waals surface area contributed by atoms with Gasteiger partial charge in [0.2, 0.25) is 0 Å². The van der Waals surface area contributed by atoms with Crippen molar-refractivity contribution in [3.05, 3.63) is 71.9 Å². The predicted octanol–water partition coefficient (Wildman–Crippen LogP) is 2.51. The van der Waals surface area contributed by atoms with E-state index in [4.69, 9.17) is 4.52 Å². The van der Waals surface area contributed by atoms with Crippen LogP contribution in [0.1, 0.15) is 22.0 Å². The van der Waals surface area contributed by atoms with Crippen molar-refractivity contribution in [3.63, 3.8) is 0 Å². The number of carbonyl (C=O) groups is 1. The van der Waals surface area contributed by atoms with E-state index in [1.54, 1.807) is 12.1 Å². The standard InChI is InChI=1S/C18H16N2O4/c21-14-8-4-7-13(9-14)16(22)11-19-18(23)15-10-20-24-17(15)12-5-2-1-3-6-12/h1-10,16,21-22H,11H2,(H,19,23). The third-order valence-corrected chi connectivity index (χ3v) is 3.56. The molecule has 0 saturated carbocycles. The molecule has 3 N–H and O–H groups in total. The summed E-state index contributed by atoms with van der Waals surface area (Å²) in [7, 11) is 0. The summed E-state index contributed by atoms with van der Waals surface area (Å²) in [6.45, 7) is 0.00168. The van der Waals surface area contributed by atoms with Gasteiger partial charge in [0.1, 0.15) is 11.3 Å². The van der Waals surface area contributed by atoms with Gasteiger partial charge in [-0.05, 0) is 17.7 Å². The Bertz CT molecular complexity index is 830. The van der Waals surface area contributed by atoms with Crippen LogP contribution in [-0.2, 0) is 0 Å². The molecule has 1 unspecified atom stereocenters. The Morgan fingerprint density at radius 2 is 1.96 bits per heavy atom. The van der Waals surface area contributed by atoms with Gasteiger partial charge in [0.15, 0.2) is 5.76 Å². The maximum Gasteiger partial charge on any atom is 0.257 e. The topological polar surface area (TPSA) is 95.6 Å². The van der Waals surface area contributed by atoms with Crippen LogP contribution < -0.4 is 5.32 Å². The number of hydrogen-bond donors (Lipinski definition) is 3. The third kappa shape index (κ3) is 3.44. The molecule has 1 amide bonds. The van der Waals surface area contributed by atoms with Gasteiger partial charge in [0.05, 0.1) is 12.3 Å². The Balaban J connectivity index is 1.69. The smallest absolute Gasteiger partial charge is 0.257 e. The number of phenolic OH excluding ortho intramolecular Hbond substituents is 1. The summed E-state index contributed by atoms with van der Waals surface area (Å²) in [6, 6.07) is 15.4. The van der Waals surface area contributed by atoms with Gasteiger partial charge in [-0.15, -0.1) is 0 Å². The number of nitrogens with zero attached hydrogens (tertiary/aromatic N) is 1. The zero-order chi connectivity index (χ0) is 16.9. The number of aliphatic hydroxyl groups is 1. The first kappa shape index (κ1) is 15.8. The summed E-state index contributed by atoms with van der Waals surface area (Å²) in [4.78, 5) is 12.3. The van der Waals surface area contributed by atoms with Crippen LogP contribution in [0.5, 0.6) is 5.75 Å². The fourth-order valence-electron chi connectivity index (χ4n) is 2.33. The molecule has 0 radical (unpaired) electrons. The first-order valence-electron chi connectivity index (χ1n) is 7.40. The van der Waals surface area contributed by atoms with Crippen molar-refractivity contribution < 1.29 is 19.5 Å². The van der Waals surface area contributed by atoms with E-state index in [1.807, 2.05) is 30.3 Å². The van der Waals surface area contributed by atoms with E-state index in [1.165, 1.54) is 18.3 Å². The highest BCUT2D eigenvalue weighted by atomic mass is 16.5. The summed E-state index contributed by atoms with van der Waals surface area (Å²) in [5, 5.41) is 25.9. The van der Waals surface area contributed by atoms with Crippen LogP contribution in [0.2, 0.25) is 0 Å². The molecule has 1 heterocycles. The fraction of sp³-hybridized carbons (Fsp3) is 0.111. The summed E-state index contributed by atoms with van der Waals surface area (Å²) in [6.07, 6.45) is 0.416. The average molecular weight is 324 g/mol. The number of rotatable bonds is 5. The van der Waals surface area contributed by atoms with Crippen molar-refractivity contribution in [3.8, 4) is 17.1 Å². The highest BCUT2D eigenvalue weighted by Crippen LogP contribution is 2.23. The van der Waals surface area contributed by atoms with Gasteiger partial charge >= 0.3 is 0 Å². The van der Waals surface area contributed by atoms with E-state index in [0.717, 1.165) is 5.56 Å². The molecule has 3 aromatic rings. The number of aromatic nitrogens is 1. The van der Waals surface area contributed by atoms with E-state index >= 15 is 0 Å². The number of phenols is 1. The third-order valence-electron chi connectivity index (χ3n) is 3.56. The Morgan fingerprint density at radius 1 is 1.17 bits per heavy atom. The number of aliphatic hydroxyl groups excluding tert-OH is 1. The Kier molecular flexibility index (Phi) is 4.58. The Labute approximate surface area is 138 Å². The van der Waals surface area contributed by atoms with Crippen LogP contribution in [0.15, 0.2) is 65.3 Å². The molecule has 0 bridgehead atoms. The quantitative estimate of drug-likeness (QED) is 0.670. The van der Waals surface area contributed by atoms with Crippen molar-refractivity contribution in [1.82, 2.24) is 10.5 Å². The fourth-order valence-corrected chi connectivity index (χ4v) is 2.33. The number of hydrogen-bond acceptors (Lipinski definition) is 5. The van der Waals surface area contributed by atoms with Crippen molar-refractivity contribution in [2.24, 2.45) is 0 Å². The normalized spacial score (nSPS) is 11.9. The lowest BCUT2D eigenvalue weighted by molar-refractivity contribution is 0.0916. The molecule has 6 heteroatoms. The molecular formula is C18H16N2O4. The second-order valence-corrected chi connectivity index (χ2v) is 5.26. The van der Waals surface area contributed by atoms with Crippen molar-refractivity contribution >= 4 is 5.91 Å². The van der Waals surface area contributed by atoms with Crippen LogP contribution in [0.25, 0.3) is 11.3 Å². The summed E-state index contributed by atoms with van der Waals surface area (Å²) in [5.74, 6) is 0.0394. The number of nitrogens with one attached hydrogen (secondary N) is 1. The van der Waals surface area contributed by atoms with E-state index in [2.05, 4.69) is 10.5 Å². The van der Waals surface area contributed by atoms with E-state index in [0.29, 0.717) is 16.9 Å². The second-order valence-electron chi connectivity index (χ2n) is 5.26. The van der Waals surface area contributed by atoms with Gasteiger partial charge in [0, 0.05) is 12.1 Å². The number of aromatic hydroxyl groups is 1. The number of amides is 1. The van der Waals surface area contributed by atoms with Gasteiger partial charge in [-0.3, -0.25) is 4.79 Å². The summed E-state index contributed by atoms with van der Waals surface area (Å²) >= 11 is 0. The van der Waals surface area contributed by atoms with E-state index < -0.39 is 12.0 Å². The van der Waals surface area contributed by atoms with E-state index in [-0.39, 0.29) is 12.3 Å². The lowest BCUT2D eigenvalue weighted by Crippen LogP contribution is -2.28. The number of carbonyl (C=O) groups excluding carboxylic acids is 1. The van der Waals surface area contributed by atoms with Crippen molar-refractivity contribution in [1.29, 1.82) is 0 Å². The van der Waals surface area contributed by atoms with Gasteiger partial charge in [-0.2, -0.15) is 0 Å². The molecule has 2 aromatic carbocycles. The Hall–Kier alpha value is -3.12. The monoisotopic (exact) mass is 324 g/mol. The minimum absolute atomic E-state index is 0.00168. The molecule has 1 atom stereocenters. The molecule has 24 heavy (non-hydrogen) atoms. The maximum absolute atomic E-state index is 12.3. The molecule has 3 rings (SSSR count). The zero-order valence-electron chi connectivity index (χ0n) is 12.7. The minimum Gasteiger partial charge on any atom is -0.508 e. The number of benzene rings is 2. The molecule has 122 valence electrons. The van der Waals surface area contributed by atoms with Crippen LogP contribution in [-0.4, -0.2) is 27.8 Å². The highest BCUT2D eigenvalue weighted by molar-refractivity contribution is 5.99. The van der Waals surface area contributed by atoms with Gasteiger partial charge < -0.3 is 20.1 Å². The molecule has 0 fully saturated rings. The average Bonchev–Trinajstić information content (AvgIpc) is 3.10. The van der Waals surface area contributed by atoms with Crippen LogP contribution in [0, 0.1) is 0 Å². The van der Waals surface area contributed by atoms with Crippen LogP contribution >= 0.6 is 0 Å². The zero-order valence-corrected chi connectivity index (χ0v) is 12.7. The maximum atomic E-state index is 12.3. The van der Waals surface area contributed by atoms with Gasteiger partial charge in [-0.25, -0.2) is 0 Å². The first-order valence-corrected chi connectivity index (χ1v) is 7.40. The summed E-state index contributed by atoms with van der Waals surface area (Å²) < 4.78 is 5.17. The predicted molar refractivity (Wildman–Crippen MR) is 87.3 cm³/mol. The lowest BCUT2D eigenvalue weighted by atomic mass is 10.1. The van der Waals surface area contributed by atoms with Crippen LogP contribution in [0.3, 0.4) is 0 Å². The summed E-state index contributed by atoms with van der Waals surface area (Å²) in [5.41, 5.74) is 1.56. The molecular weight excluding hydrogens is 308 g/mol. The molecule has 0 aliphatic rings. The molecule has 0 saturated heterocycles. The Morgan fingerprint density at radius 3 is 2.71 bits per heavy atom. The van der Waals surface area contributed by atoms with Crippen LogP contribution in [0.4, 0.5) is 0 Å². The highest BCUT2D eigenvalue weighted by Gasteiger charge is 2.18. The SMILES string of the molecule is O=C(NCC(O)c1cccc(O)c1)c1cnoc1-c1ccccc1. The minimum atomic E-state index is -0.930. The van der Waals surface area contributed by atoms with Crippen molar-refractivity contribution in [2.45, 2.75) is 6.10 Å². The molecule has 0 aliphatic carbocycles. The second kappa shape index (κ2) is 6.97. The molecule has 0 aliphatic heterocycles. The van der Waals surface area contributed by atoms with Crippen molar-refractivity contribution in [2.75, 3.05) is 6.54 Å². The molecule has 1 aromatic heterocycles. The largest absolute Gasteiger partial charge is 0.508 e.